The molecule has 0 saturated carbocycles. The first-order valence-corrected chi connectivity index (χ1v) is 5.24. The normalized spacial score (nSPS) is 9.25. The molecule has 0 spiro atoms. The van der Waals surface area contributed by atoms with E-state index in [2.05, 4.69) is 21.2 Å². The highest BCUT2D eigenvalue weighted by atomic mass is 79.9. The van der Waals surface area contributed by atoms with Gasteiger partial charge in [-0.2, -0.15) is 5.26 Å². The van der Waals surface area contributed by atoms with Crippen molar-refractivity contribution in [2.24, 2.45) is 0 Å². The van der Waals surface area contributed by atoms with E-state index in [1.54, 1.807) is 24.3 Å². The molecule has 0 radical (unpaired) electrons. The summed E-state index contributed by atoms with van der Waals surface area (Å²) in [4.78, 5) is 11.1. The van der Waals surface area contributed by atoms with Crippen LogP contribution in [0, 0.1) is 11.3 Å². The molecule has 1 aromatic rings. The number of nitrogens with zero attached hydrogens (tertiary/aromatic N) is 1. The maximum absolute atomic E-state index is 11.1. The summed E-state index contributed by atoms with van der Waals surface area (Å²) in [5.74, 6) is 0.0826. The number of nitrogens with two attached hydrogens (primary N) is 1. The third-order valence-electron chi connectivity index (χ3n) is 1.70. The van der Waals surface area contributed by atoms with Crippen LogP contribution >= 0.6 is 15.9 Å². The van der Waals surface area contributed by atoms with E-state index in [1.807, 2.05) is 0 Å². The number of halogens is 1. The van der Waals surface area contributed by atoms with Crippen LogP contribution in [-0.2, 0) is 4.79 Å². The first-order chi connectivity index (χ1) is 7.63. The standard InChI is InChI=1S/C10H10BrN3O2/c11-7-1-2-9(8(13)5-7)16-6-10(15)14-4-3-12/h1-2,5H,4,6,13H2,(H,14,15). The number of nitrogen functional groups attached to an aromatic ring is 1. The number of hydrogen-bond donors (Lipinski definition) is 2. The van der Waals surface area contributed by atoms with Crippen molar-refractivity contribution in [1.82, 2.24) is 5.32 Å². The average molecular weight is 284 g/mol. The van der Waals surface area contributed by atoms with Gasteiger partial charge in [-0.25, -0.2) is 0 Å². The minimum atomic E-state index is -0.358. The Hall–Kier alpha value is -1.74. The predicted molar refractivity (Wildman–Crippen MR) is 62.7 cm³/mol. The molecule has 0 bridgehead atoms. The van der Waals surface area contributed by atoms with Crippen LogP contribution in [0.4, 0.5) is 5.69 Å². The van der Waals surface area contributed by atoms with Gasteiger partial charge < -0.3 is 15.8 Å². The van der Waals surface area contributed by atoms with E-state index in [1.165, 1.54) is 0 Å². The minimum absolute atomic E-state index is 0.0297. The van der Waals surface area contributed by atoms with Gasteiger partial charge in [-0.05, 0) is 18.2 Å². The van der Waals surface area contributed by atoms with E-state index < -0.39 is 0 Å². The van der Waals surface area contributed by atoms with Crippen LogP contribution in [0.25, 0.3) is 0 Å². The number of rotatable bonds is 4. The van der Waals surface area contributed by atoms with Gasteiger partial charge in [0.1, 0.15) is 12.3 Å². The van der Waals surface area contributed by atoms with Gasteiger partial charge in [0.25, 0.3) is 5.91 Å². The second kappa shape index (κ2) is 5.98. The van der Waals surface area contributed by atoms with Crippen molar-refractivity contribution in [2.75, 3.05) is 18.9 Å². The molecule has 1 aromatic carbocycles. The van der Waals surface area contributed by atoms with Crippen LogP contribution in [0.3, 0.4) is 0 Å². The minimum Gasteiger partial charge on any atom is -0.482 e. The van der Waals surface area contributed by atoms with E-state index in [9.17, 15) is 4.79 Å². The van der Waals surface area contributed by atoms with E-state index in [0.29, 0.717) is 11.4 Å². The second-order valence-electron chi connectivity index (χ2n) is 2.91. The fourth-order valence-electron chi connectivity index (χ4n) is 0.983. The highest BCUT2D eigenvalue weighted by molar-refractivity contribution is 9.10. The quantitative estimate of drug-likeness (QED) is 0.639. The lowest BCUT2D eigenvalue weighted by atomic mass is 10.3. The van der Waals surface area contributed by atoms with Gasteiger partial charge in [-0.15, -0.1) is 0 Å². The van der Waals surface area contributed by atoms with Crippen LogP contribution in [0.15, 0.2) is 22.7 Å². The van der Waals surface area contributed by atoms with E-state index in [0.717, 1.165) is 4.47 Å². The molecular formula is C10H10BrN3O2. The number of nitrogens with one attached hydrogen (secondary N) is 1. The van der Waals surface area contributed by atoms with Gasteiger partial charge >= 0.3 is 0 Å². The molecule has 16 heavy (non-hydrogen) atoms. The molecule has 0 heterocycles. The molecule has 0 aromatic heterocycles. The molecule has 0 aliphatic rings. The van der Waals surface area contributed by atoms with Crippen LogP contribution < -0.4 is 15.8 Å². The number of ether oxygens (including phenoxy) is 1. The van der Waals surface area contributed by atoms with Crippen LogP contribution in [0.5, 0.6) is 5.75 Å². The molecule has 0 saturated heterocycles. The van der Waals surface area contributed by atoms with Gasteiger partial charge in [0.05, 0.1) is 11.8 Å². The van der Waals surface area contributed by atoms with Gasteiger partial charge in [0, 0.05) is 4.47 Å². The Morgan fingerprint density at radius 3 is 3.00 bits per heavy atom. The zero-order chi connectivity index (χ0) is 12.0. The Kier molecular flexibility index (Phi) is 4.61. The van der Waals surface area contributed by atoms with Crippen LogP contribution in [0.2, 0.25) is 0 Å². The van der Waals surface area contributed by atoms with E-state index in [4.69, 9.17) is 15.7 Å². The molecule has 5 nitrogen and oxygen atoms in total. The van der Waals surface area contributed by atoms with Gasteiger partial charge in [-0.1, -0.05) is 15.9 Å². The third-order valence-corrected chi connectivity index (χ3v) is 2.19. The summed E-state index contributed by atoms with van der Waals surface area (Å²) < 4.78 is 6.02. The molecule has 0 unspecified atom stereocenters. The van der Waals surface area contributed by atoms with Crippen molar-refractivity contribution in [1.29, 1.82) is 5.26 Å². The summed E-state index contributed by atoms with van der Waals surface area (Å²) in [6.45, 7) is -0.189. The lowest BCUT2D eigenvalue weighted by Gasteiger charge is -2.08. The predicted octanol–water partition coefficient (Wildman–Crippen LogP) is 1.05. The molecule has 84 valence electrons. The second-order valence-corrected chi connectivity index (χ2v) is 3.82. The number of hydrogen-bond acceptors (Lipinski definition) is 4. The van der Waals surface area contributed by atoms with Crippen molar-refractivity contribution in [3.05, 3.63) is 22.7 Å². The van der Waals surface area contributed by atoms with Crippen molar-refractivity contribution >= 4 is 27.5 Å². The summed E-state index contributed by atoms with van der Waals surface area (Å²) in [6.07, 6.45) is 0. The summed E-state index contributed by atoms with van der Waals surface area (Å²) >= 11 is 3.26. The molecule has 0 aliphatic carbocycles. The Bertz CT molecular complexity index is 429. The third kappa shape index (κ3) is 3.79. The Labute approximate surface area is 101 Å². The van der Waals surface area contributed by atoms with Crippen LogP contribution in [0.1, 0.15) is 0 Å². The zero-order valence-corrected chi connectivity index (χ0v) is 9.95. The number of carbonyl (C=O) groups excluding carboxylic acids is 1. The Morgan fingerprint density at radius 1 is 1.62 bits per heavy atom. The van der Waals surface area contributed by atoms with Crippen molar-refractivity contribution in [3.63, 3.8) is 0 Å². The monoisotopic (exact) mass is 283 g/mol. The number of carbonyl (C=O) groups is 1. The summed E-state index contributed by atoms with van der Waals surface area (Å²) in [5, 5.41) is 10.6. The van der Waals surface area contributed by atoms with E-state index >= 15 is 0 Å². The zero-order valence-electron chi connectivity index (χ0n) is 8.37. The Morgan fingerprint density at radius 2 is 2.38 bits per heavy atom. The van der Waals surface area contributed by atoms with Crippen molar-refractivity contribution in [2.45, 2.75) is 0 Å². The molecule has 1 rings (SSSR count). The number of benzene rings is 1. The molecular weight excluding hydrogens is 274 g/mol. The smallest absolute Gasteiger partial charge is 0.258 e. The van der Waals surface area contributed by atoms with Crippen LogP contribution in [-0.4, -0.2) is 19.1 Å². The summed E-state index contributed by atoms with van der Waals surface area (Å²) in [7, 11) is 0. The topological polar surface area (TPSA) is 88.1 Å². The highest BCUT2D eigenvalue weighted by Gasteiger charge is 2.04. The Balaban J connectivity index is 2.49. The molecule has 0 atom stereocenters. The highest BCUT2D eigenvalue weighted by Crippen LogP contribution is 2.24. The van der Waals surface area contributed by atoms with Crippen molar-refractivity contribution < 1.29 is 9.53 Å². The average Bonchev–Trinajstić information content (AvgIpc) is 2.25. The van der Waals surface area contributed by atoms with Crippen molar-refractivity contribution in [3.8, 4) is 11.8 Å². The number of amides is 1. The summed E-state index contributed by atoms with van der Waals surface area (Å²) in [6, 6.07) is 6.91. The van der Waals surface area contributed by atoms with Gasteiger partial charge in [0.15, 0.2) is 6.61 Å². The molecule has 3 N–H and O–H groups in total. The fraction of sp³-hybridized carbons (Fsp3) is 0.200. The molecule has 0 aliphatic heterocycles. The first kappa shape index (κ1) is 12.3. The lowest BCUT2D eigenvalue weighted by Crippen LogP contribution is -2.29. The lowest BCUT2D eigenvalue weighted by molar-refractivity contribution is -0.122. The number of nitriles is 1. The van der Waals surface area contributed by atoms with Gasteiger partial charge in [-0.3, -0.25) is 4.79 Å². The SMILES string of the molecule is N#CCNC(=O)COc1ccc(Br)cc1N. The fourth-order valence-corrected chi connectivity index (χ4v) is 1.36. The molecule has 1 amide bonds. The van der Waals surface area contributed by atoms with Gasteiger partial charge in [0.2, 0.25) is 0 Å². The number of anilines is 1. The summed E-state index contributed by atoms with van der Waals surface area (Å²) in [5.41, 5.74) is 6.12. The maximum Gasteiger partial charge on any atom is 0.258 e. The van der Waals surface area contributed by atoms with E-state index in [-0.39, 0.29) is 19.1 Å². The molecule has 0 fully saturated rings. The maximum atomic E-state index is 11.1. The first-order valence-electron chi connectivity index (χ1n) is 4.45. The molecule has 6 heteroatoms. The largest absolute Gasteiger partial charge is 0.482 e.